The van der Waals surface area contributed by atoms with Gasteiger partial charge in [0.2, 0.25) is 0 Å². The van der Waals surface area contributed by atoms with Crippen LogP contribution in [0.2, 0.25) is 0 Å². The molecule has 0 amide bonds. The lowest BCUT2D eigenvalue weighted by atomic mass is 10.0. The molecule has 3 aromatic rings. The highest BCUT2D eigenvalue weighted by Gasteiger charge is 2.25. The second-order valence-electron chi connectivity index (χ2n) is 5.43. The van der Waals surface area contributed by atoms with Gasteiger partial charge in [-0.3, -0.25) is 0 Å². The van der Waals surface area contributed by atoms with Crippen LogP contribution < -0.4 is 0 Å². The summed E-state index contributed by atoms with van der Waals surface area (Å²) in [7, 11) is 0. The molecule has 0 saturated carbocycles. The van der Waals surface area contributed by atoms with Crippen LogP contribution in [0.3, 0.4) is 0 Å². The lowest BCUT2D eigenvalue weighted by Crippen LogP contribution is -2.03. The van der Waals surface area contributed by atoms with Crippen LogP contribution in [-0.4, -0.2) is 32.8 Å². The number of ether oxygens (including phenoxy) is 1. The van der Waals surface area contributed by atoms with Crippen molar-refractivity contribution in [2.24, 2.45) is 0 Å². The van der Waals surface area contributed by atoms with Crippen molar-refractivity contribution in [2.45, 2.75) is 19.4 Å². The summed E-state index contributed by atoms with van der Waals surface area (Å²) < 4.78 is 5.25. The van der Waals surface area contributed by atoms with Crippen molar-refractivity contribution < 1.29 is 9.84 Å². The quantitative estimate of drug-likeness (QED) is 0.749. The maximum Gasteiger partial charge on any atom is 0.146 e. The summed E-state index contributed by atoms with van der Waals surface area (Å²) in [5.41, 5.74) is 4.19. The molecule has 0 aliphatic carbocycles. The number of nitrogens with zero attached hydrogens (tertiary/aromatic N) is 3. The monoisotopic (exact) mass is 281 g/mol. The summed E-state index contributed by atoms with van der Waals surface area (Å²) in [6.45, 7) is 2.77. The Morgan fingerprint density at radius 1 is 1.24 bits per heavy atom. The van der Waals surface area contributed by atoms with Gasteiger partial charge in [-0.15, -0.1) is 15.0 Å². The Bertz CT molecular complexity index is 789. The standard InChI is InChI=1S/C16H15N3O2/c1-10-6-11(8-12-9-21-12)16(20)15(7-10)19-17-13-4-2-3-5-14(13)18-19/h2-7,12,20H,8-9H2,1H3. The van der Waals surface area contributed by atoms with Crippen LogP contribution in [0, 0.1) is 6.92 Å². The first-order valence-corrected chi connectivity index (χ1v) is 6.97. The molecule has 0 radical (unpaired) electrons. The third-order valence-electron chi connectivity index (χ3n) is 3.67. The number of phenolic OH excluding ortho intramolecular Hbond substituents is 1. The Hall–Kier alpha value is -2.40. The van der Waals surface area contributed by atoms with E-state index < -0.39 is 0 Å². The van der Waals surface area contributed by atoms with Crippen molar-refractivity contribution in [3.05, 3.63) is 47.5 Å². The maximum absolute atomic E-state index is 10.5. The summed E-state index contributed by atoms with van der Waals surface area (Å²) >= 11 is 0. The average molecular weight is 281 g/mol. The van der Waals surface area contributed by atoms with E-state index in [1.807, 2.05) is 43.3 Å². The average Bonchev–Trinajstić information content (AvgIpc) is 3.17. The van der Waals surface area contributed by atoms with E-state index in [1.165, 1.54) is 4.80 Å². The molecular weight excluding hydrogens is 266 g/mol. The number of aryl methyl sites for hydroxylation is 1. The molecule has 106 valence electrons. The molecule has 1 unspecified atom stereocenters. The van der Waals surface area contributed by atoms with Crippen molar-refractivity contribution in [1.29, 1.82) is 0 Å². The second kappa shape index (κ2) is 4.56. The fourth-order valence-corrected chi connectivity index (χ4v) is 2.54. The molecule has 1 aliphatic heterocycles. The van der Waals surface area contributed by atoms with E-state index in [2.05, 4.69) is 10.2 Å². The van der Waals surface area contributed by atoms with Gasteiger partial charge in [-0.2, -0.15) is 0 Å². The predicted molar refractivity (Wildman–Crippen MR) is 78.7 cm³/mol. The van der Waals surface area contributed by atoms with E-state index in [9.17, 15) is 5.11 Å². The van der Waals surface area contributed by atoms with Crippen molar-refractivity contribution in [3.63, 3.8) is 0 Å². The second-order valence-corrected chi connectivity index (χ2v) is 5.43. The number of hydrogen-bond acceptors (Lipinski definition) is 4. The van der Waals surface area contributed by atoms with E-state index in [4.69, 9.17) is 4.74 Å². The number of rotatable bonds is 3. The largest absolute Gasteiger partial charge is 0.505 e. The summed E-state index contributed by atoms with van der Waals surface area (Å²) in [5, 5.41) is 19.4. The first-order valence-electron chi connectivity index (χ1n) is 6.97. The van der Waals surface area contributed by atoms with Gasteiger partial charge in [0.25, 0.3) is 0 Å². The van der Waals surface area contributed by atoms with E-state index in [-0.39, 0.29) is 11.9 Å². The molecule has 1 N–H and O–H groups in total. The van der Waals surface area contributed by atoms with E-state index in [0.29, 0.717) is 5.69 Å². The highest BCUT2D eigenvalue weighted by molar-refractivity contribution is 5.73. The molecule has 0 spiro atoms. The number of fused-ring (bicyclic) bond motifs is 1. The van der Waals surface area contributed by atoms with Crippen molar-refractivity contribution in [2.75, 3.05) is 6.61 Å². The Labute approximate surface area is 121 Å². The third-order valence-corrected chi connectivity index (χ3v) is 3.67. The van der Waals surface area contributed by atoms with Crippen LogP contribution in [0.4, 0.5) is 0 Å². The summed E-state index contributed by atoms with van der Waals surface area (Å²) in [6.07, 6.45) is 0.955. The molecule has 1 saturated heterocycles. The zero-order chi connectivity index (χ0) is 14.4. The van der Waals surface area contributed by atoms with Gasteiger partial charge in [-0.05, 0) is 36.2 Å². The molecule has 1 atom stereocenters. The molecule has 1 aromatic heterocycles. The topological polar surface area (TPSA) is 63.5 Å². The van der Waals surface area contributed by atoms with Crippen LogP contribution in [0.25, 0.3) is 16.7 Å². The van der Waals surface area contributed by atoms with E-state index in [0.717, 1.165) is 35.2 Å². The third kappa shape index (κ3) is 2.25. The van der Waals surface area contributed by atoms with Gasteiger partial charge in [0.05, 0.1) is 12.7 Å². The number of aromatic nitrogens is 3. The number of epoxide rings is 1. The predicted octanol–water partition coefficient (Wildman–Crippen LogP) is 2.38. The Morgan fingerprint density at radius 2 is 1.90 bits per heavy atom. The Morgan fingerprint density at radius 3 is 2.52 bits per heavy atom. The van der Waals surface area contributed by atoms with Crippen LogP contribution in [0.5, 0.6) is 5.75 Å². The molecule has 5 heteroatoms. The molecule has 2 heterocycles. The van der Waals surface area contributed by atoms with Crippen LogP contribution in [0.15, 0.2) is 36.4 Å². The highest BCUT2D eigenvalue weighted by atomic mass is 16.6. The smallest absolute Gasteiger partial charge is 0.146 e. The number of hydrogen-bond donors (Lipinski definition) is 1. The zero-order valence-electron chi connectivity index (χ0n) is 11.7. The van der Waals surface area contributed by atoms with E-state index >= 15 is 0 Å². The molecular formula is C16H15N3O2. The Balaban J connectivity index is 1.84. The molecule has 1 aliphatic rings. The van der Waals surface area contributed by atoms with Crippen molar-refractivity contribution in [1.82, 2.24) is 15.0 Å². The Kier molecular flexibility index (Phi) is 2.68. The van der Waals surface area contributed by atoms with Gasteiger partial charge in [0, 0.05) is 6.42 Å². The van der Waals surface area contributed by atoms with Crippen molar-refractivity contribution >= 4 is 11.0 Å². The first kappa shape index (κ1) is 12.3. The van der Waals surface area contributed by atoms with E-state index in [1.54, 1.807) is 0 Å². The minimum absolute atomic E-state index is 0.232. The summed E-state index contributed by atoms with van der Waals surface area (Å²) in [6, 6.07) is 11.5. The lowest BCUT2D eigenvalue weighted by molar-refractivity contribution is 0.401. The highest BCUT2D eigenvalue weighted by Crippen LogP contribution is 2.30. The van der Waals surface area contributed by atoms with Gasteiger partial charge in [-0.25, -0.2) is 0 Å². The molecule has 4 rings (SSSR count). The fourth-order valence-electron chi connectivity index (χ4n) is 2.54. The molecule has 5 nitrogen and oxygen atoms in total. The fraction of sp³-hybridized carbons (Fsp3) is 0.250. The SMILES string of the molecule is Cc1cc(CC2CO2)c(O)c(-n2nc3ccccc3n2)c1. The lowest BCUT2D eigenvalue weighted by Gasteiger charge is -2.09. The molecule has 0 bridgehead atoms. The van der Waals surface area contributed by atoms with Gasteiger partial charge < -0.3 is 9.84 Å². The van der Waals surface area contributed by atoms with Crippen LogP contribution in [0.1, 0.15) is 11.1 Å². The zero-order valence-corrected chi connectivity index (χ0v) is 11.7. The summed E-state index contributed by atoms with van der Waals surface area (Å²) in [5.74, 6) is 0.233. The van der Waals surface area contributed by atoms with Gasteiger partial charge in [0.15, 0.2) is 0 Å². The first-order chi connectivity index (χ1) is 10.2. The number of phenols is 1. The van der Waals surface area contributed by atoms with Gasteiger partial charge in [0.1, 0.15) is 22.5 Å². The van der Waals surface area contributed by atoms with Crippen LogP contribution >= 0.6 is 0 Å². The molecule has 1 fully saturated rings. The number of benzene rings is 2. The maximum atomic E-state index is 10.5. The minimum atomic E-state index is 0.232. The molecule has 21 heavy (non-hydrogen) atoms. The van der Waals surface area contributed by atoms with Gasteiger partial charge >= 0.3 is 0 Å². The van der Waals surface area contributed by atoms with Crippen molar-refractivity contribution in [3.8, 4) is 11.4 Å². The summed E-state index contributed by atoms with van der Waals surface area (Å²) in [4.78, 5) is 1.50. The van der Waals surface area contributed by atoms with Gasteiger partial charge in [-0.1, -0.05) is 18.2 Å². The number of aromatic hydroxyl groups is 1. The minimum Gasteiger partial charge on any atom is -0.505 e. The molecule has 2 aromatic carbocycles. The van der Waals surface area contributed by atoms with Crippen LogP contribution in [-0.2, 0) is 11.2 Å². The normalized spacial score (nSPS) is 17.3.